The van der Waals surface area contributed by atoms with Gasteiger partial charge in [0, 0.05) is 16.1 Å². The average Bonchev–Trinajstić information content (AvgIpc) is 2.86. The number of hydrogen-bond donors (Lipinski definition) is 2. The molecular weight excluding hydrogens is 605 g/mol. The number of benzene rings is 2. The van der Waals surface area contributed by atoms with Crippen LogP contribution in [0.2, 0.25) is 10.0 Å². The van der Waals surface area contributed by atoms with Crippen LogP contribution >= 0.6 is 50.9 Å². The van der Waals surface area contributed by atoms with E-state index in [0.717, 1.165) is 28.9 Å². The van der Waals surface area contributed by atoms with Gasteiger partial charge in [0.15, 0.2) is 5.75 Å². The van der Waals surface area contributed by atoms with Crippen LogP contribution in [0.15, 0.2) is 45.4 Å². The summed E-state index contributed by atoms with van der Waals surface area (Å²) in [5, 5.41) is 15.9. The van der Waals surface area contributed by atoms with Gasteiger partial charge in [-0.25, -0.2) is 0 Å². The molecule has 2 aromatic carbocycles. The molecule has 12 heteroatoms. The third-order valence-electron chi connectivity index (χ3n) is 5.44. The Bertz CT molecular complexity index is 1300. The van der Waals surface area contributed by atoms with Crippen LogP contribution in [0.4, 0.5) is 5.69 Å². The molecule has 0 saturated heterocycles. The quantitative estimate of drug-likeness (QED) is 0.290. The summed E-state index contributed by atoms with van der Waals surface area (Å²) in [6.45, 7) is 3.99. The van der Waals surface area contributed by atoms with Crippen molar-refractivity contribution in [1.29, 1.82) is 5.26 Å². The summed E-state index contributed by atoms with van der Waals surface area (Å²) in [5.41, 5.74) is 1.98. The van der Waals surface area contributed by atoms with Gasteiger partial charge in [-0.1, -0.05) is 50.9 Å². The number of halogens is 3. The Morgan fingerprint density at radius 2 is 1.92 bits per heavy atom. The Hall–Kier alpha value is -2.71. The summed E-state index contributed by atoms with van der Waals surface area (Å²) in [6.07, 6.45) is 0. The van der Waals surface area contributed by atoms with Crippen molar-refractivity contribution in [3.8, 4) is 11.8 Å². The molecule has 0 saturated carbocycles. The van der Waals surface area contributed by atoms with Crippen molar-refractivity contribution in [1.82, 2.24) is 5.32 Å². The van der Waals surface area contributed by atoms with E-state index in [1.54, 1.807) is 13.0 Å². The molecule has 1 aliphatic rings. The molecular formula is C25H22BrCl2N3O5S. The highest BCUT2D eigenvalue weighted by atomic mass is 79.9. The van der Waals surface area contributed by atoms with Crippen molar-refractivity contribution in [3.05, 3.63) is 66.6 Å². The summed E-state index contributed by atoms with van der Waals surface area (Å²) in [6, 6.07) is 10.5. The highest BCUT2D eigenvalue weighted by Crippen LogP contribution is 2.44. The minimum absolute atomic E-state index is 0.0728. The van der Waals surface area contributed by atoms with E-state index in [4.69, 9.17) is 32.7 Å². The fourth-order valence-corrected chi connectivity index (χ4v) is 5.49. The van der Waals surface area contributed by atoms with E-state index >= 15 is 0 Å². The van der Waals surface area contributed by atoms with Gasteiger partial charge in [0.2, 0.25) is 11.8 Å². The molecule has 0 unspecified atom stereocenters. The number of allylic oxidation sites excluding steroid dienone is 1. The zero-order valence-electron chi connectivity index (χ0n) is 20.0. The highest BCUT2D eigenvalue weighted by molar-refractivity contribution is 9.10. The second-order valence-electron chi connectivity index (χ2n) is 7.87. The van der Waals surface area contributed by atoms with Crippen molar-refractivity contribution in [2.45, 2.75) is 19.8 Å². The first-order valence-electron chi connectivity index (χ1n) is 10.9. The zero-order valence-corrected chi connectivity index (χ0v) is 23.9. The maximum Gasteiger partial charge on any atom is 0.319 e. The minimum Gasteiger partial charge on any atom is -0.491 e. The number of methoxy groups -OCH3 is 1. The number of ether oxygens (including phenoxy) is 2. The van der Waals surface area contributed by atoms with Gasteiger partial charge in [0.1, 0.15) is 5.92 Å². The van der Waals surface area contributed by atoms with E-state index in [2.05, 4.69) is 32.6 Å². The second kappa shape index (κ2) is 12.7. The Kier molecular flexibility index (Phi) is 9.90. The predicted octanol–water partition coefficient (Wildman–Crippen LogP) is 5.57. The summed E-state index contributed by atoms with van der Waals surface area (Å²) in [4.78, 5) is 38.2. The van der Waals surface area contributed by atoms with Crippen molar-refractivity contribution < 1.29 is 23.9 Å². The van der Waals surface area contributed by atoms with Crippen molar-refractivity contribution in [2.75, 3.05) is 24.8 Å². The average molecular weight is 627 g/mol. The number of thioether (sulfide) groups is 1. The Labute approximate surface area is 236 Å². The van der Waals surface area contributed by atoms with Gasteiger partial charge < -0.3 is 20.1 Å². The Morgan fingerprint density at radius 3 is 2.49 bits per heavy atom. The number of nitriles is 1. The number of aryl methyl sites for hydroxylation is 1. The standard InChI is InChI=1S/C25H22BrCl2N3O5S/c1-4-36-22-17(27)8-13(9-18(22)28)20-15(10-29)24(31-23(33)21(20)25(34)35-3)37-11-19(32)30-14-5-6-16(26)12(2)7-14/h5-9,20-21H,4,11H2,1-3H3,(H,30,32)(H,31,33)/t20-,21+/m0/s1. The molecule has 0 aromatic heterocycles. The number of amides is 2. The van der Waals surface area contributed by atoms with E-state index in [0.29, 0.717) is 17.9 Å². The molecule has 0 spiro atoms. The molecule has 1 aliphatic heterocycles. The summed E-state index contributed by atoms with van der Waals surface area (Å²) >= 11 is 17.1. The van der Waals surface area contributed by atoms with Gasteiger partial charge in [-0.2, -0.15) is 5.26 Å². The molecule has 2 atom stereocenters. The zero-order chi connectivity index (χ0) is 27.3. The van der Waals surface area contributed by atoms with E-state index in [9.17, 15) is 19.6 Å². The first-order valence-corrected chi connectivity index (χ1v) is 13.5. The molecule has 194 valence electrons. The number of carbonyl (C=O) groups excluding carboxylic acids is 3. The van der Waals surface area contributed by atoms with Crippen molar-refractivity contribution in [3.63, 3.8) is 0 Å². The fraction of sp³-hybridized carbons (Fsp3) is 0.280. The lowest BCUT2D eigenvalue weighted by atomic mass is 9.78. The molecule has 2 aromatic rings. The summed E-state index contributed by atoms with van der Waals surface area (Å²) in [5.74, 6) is -4.11. The molecule has 8 nitrogen and oxygen atoms in total. The van der Waals surface area contributed by atoms with Crippen molar-refractivity contribution >= 4 is 74.4 Å². The maximum atomic E-state index is 13.0. The summed E-state index contributed by atoms with van der Waals surface area (Å²) in [7, 11) is 1.15. The number of anilines is 1. The highest BCUT2D eigenvalue weighted by Gasteiger charge is 2.44. The minimum atomic E-state index is -1.37. The van der Waals surface area contributed by atoms with E-state index < -0.39 is 23.7 Å². The topological polar surface area (TPSA) is 118 Å². The lowest BCUT2D eigenvalue weighted by molar-refractivity contribution is -0.150. The van der Waals surface area contributed by atoms with Crippen LogP contribution < -0.4 is 15.4 Å². The molecule has 0 aliphatic carbocycles. The summed E-state index contributed by atoms with van der Waals surface area (Å²) < 4.78 is 11.2. The van der Waals surface area contributed by atoms with Crippen LogP contribution in [0, 0.1) is 24.2 Å². The van der Waals surface area contributed by atoms with Crippen LogP contribution in [-0.2, 0) is 19.1 Å². The third-order valence-corrected chi connectivity index (χ3v) is 7.91. The molecule has 37 heavy (non-hydrogen) atoms. The monoisotopic (exact) mass is 625 g/mol. The van der Waals surface area contributed by atoms with Crippen LogP contribution in [0.3, 0.4) is 0 Å². The second-order valence-corrected chi connectivity index (χ2v) is 10.5. The number of rotatable bonds is 8. The molecule has 0 radical (unpaired) electrons. The SMILES string of the molecule is CCOc1c(Cl)cc([C@H]2C(C#N)=C(SCC(=O)Nc3ccc(Br)c(C)c3)NC(=O)[C@@H]2C(=O)OC)cc1Cl. The van der Waals surface area contributed by atoms with Gasteiger partial charge in [-0.3, -0.25) is 14.4 Å². The van der Waals surface area contributed by atoms with Gasteiger partial charge in [-0.05, 0) is 55.3 Å². The van der Waals surface area contributed by atoms with E-state index in [1.807, 2.05) is 19.1 Å². The van der Waals surface area contributed by atoms with E-state index in [-0.39, 0.29) is 38.1 Å². The normalized spacial score (nSPS) is 17.1. The number of nitrogens with zero attached hydrogens (tertiary/aromatic N) is 1. The number of carbonyl (C=O) groups is 3. The Morgan fingerprint density at radius 1 is 1.24 bits per heavy atom. The van der Waals surface area contributed by atoms with Crippen LogP contribution in [0.5, 0.6) is 5.75 Å². The third kappa shape index (κ3) is 6.60. The first kappa shape index (κ1) is 28.9. The molecule has 3 rings (SSSR count). The number of nitrogens with one attached hydrogen (secondary N) is 2. The van der Waals surface area contributed by atoms with Crippen molar-refractivity contribution in [2.24, 2.45) is 5.92 Å². The Balaban J connectivity index is 1.96. The molecule has 1 heterocycles. The maximum absolute atomic E-state index is 13.0. The lowest BCUT2D eigenvalue weighted by Gasteiger charge is -2.31. The van der Waals surface area contributed by atoms with Crippen LogP contribution in [0.1, 0.15) is 24.0 Å². The predicted molar refractivity (Wildman–Crippen MR) is 147 cm³/mol. The first-order chi connectivity index (χ1) is 17.6. The molecule has 0 bridgehead atoms. The largest absolute Gasteiger partial charge is 0.491 e. The smallest absolute Gasteiger partial charge is 0.319 e. The van der Waals surface area contributed by atoms with Gasteiger partial charge >= 0.3 is 5.97 Å². The van der Waals surface area contributed by atoms with E-state index in [1.165, 1.54) is 12.1 Å². The lowest BCUT2D eigenvalue weighted by Crippen LogP contribution is -2.44. The fourth-order valence-electron chi connectivity index (χ4n) is 3.78. The number of hydrogen-bond acceptors (Lipinski definition) is 7. The van der Waals surface area contributed by atoms with Gasteiger partial charge in [0.25, 0.3) is 0 Å². The van der Waals surface area contributed by atoms with Crippen LogP contribution in [-0.4, -0.2) is 37.3 Å². The van der Waals surface area contributed by atoms with Gasteiger partial charge in [0.05, 0.1) is 46.2 Å². The van der Waals surface area contributed by atoms with Gasteiger partial charge in [-0.15, -0.1) is 0 Å². The molecule has 0 fully saturated rings. The number of esters is 1. The molecule has 2 amide bonds. The van der Waals surface area contributed by atoms with Crippen LogP contribution in [0.25, 0.3) is 0 Å². The molecule has 2 N–H and O–H groups in total.